The van der Waals surface area contributed by atoms with Crippen LogP contribution in [0.1, 0.15) is 46.4 Å². The Morgan fingerprint density at radius 1 is 0.878 bits per heavy atom. The summed E-state index contributed by atoms with van der Waals surface area (Å²) in [6, 6.07) is 36.5. The monoisotopic (exact) mass is 541 g/mol. The molecule has 41 heavy (non-hydrogen) atoms. The standard InChI is InChI=1S/C36H35N3O2/c1-2-31(27-14-5-3-6-15-27)38-36(40)33-30-19-11-12-20-32(30)37-34(28-16-7-4-8-17-28)35(33)41-24-23-39-22-21-26-13-9-10-18-29(26)25-39/h3-20,31H,2,21-25H2,1H3,(H,38,40). The fourth-order valence-electron chi connectivity index (χ4n) is 5.71. The molecule has 0 spiro atoms. The van der Waals surface area contributed by atoms with Gasteiger partial charge in [-0.15, -0.1) is 0 Å². The van der Waals surface area contributed by atoms with E-state index in [1.807, 2.05) is 72.8 Å². The van der Waals surface area contributed by atoms with E-state index < -0.39 is 0 Å². The normalized spacial score (nSPS) is 13.9. The lowest BCUT2D eigenvalue weighted by molar-refractivity contribution is 0.0932. The van der Waals surface area contributed by atoms with E-state index in [0.717, 1.165) is 54.5 Å². The maximum absolute atomic E-state index is 14.2. The maximum atomic E-state index is 14.2. The van der Waals surface area contributed by atoms with Gasteiger partial charge in [0.05, 0.1) is 17.1 Å². The minimum atomic E-state index is -0.154. The van der Waals surface area contributed by atoms with Crippen molar-refractivity contribution in [2.75, 3.05) is 19.7 Å². The predicted molar refractivity (Wildman–Crippen MR) is 165 cm³/mol. The van der Waals surface area contributed by atoms with E-state index in [1.165, 1.54) is 11.1 Å². The molecule has 0 fully saturated rings. The molecule has 1 atom stereocenters. The molecule has 1 amide bonds. The fourth-order valence-corrected chi connectivity index (χ4v) is 5.71. The molecule has 0 radical (unpaired) electrons. The molecular weight excluding hydrogens is 506 g/mol. The zero-order valence-electron chi connectivity index (χ0n) is 23.4. The summed E-state index contributed by atoms with van der Waals surface area (Å²) in [7, 11) is 0. The quantitative estimate of drug-likeness (QED) is 0.214. The van der Waals surface area contributed by atoms with Crippen LogP contribution in [0.4, 0.5) is 0 Å². The molecule has 2 heterocycles. The molecule has 6 rings (SSSR count). The second-order valence-corrected chi connectivity index (χ2v) is 10.5. The van der Waals surface area contributed by atoms with Gasteiger partial charge in [-0.1, -0.05) is 110 Å². The van der Waals surface area contributed by atoms with Gasteiger partial charge in [0, 0.05) is 30.6 Å². The molecule has 5 aromatic rings. The number of pyridine rings is 1. The third-order valence-corrected chi connectivity index (χ3v) is 7.90. The van der Waals surface area contributed by atoms with Crippen molar-refractivity contribution in [3.8, 4) is 17.0 Å². The molecule has 206 valence electrons. The van der Waals surface area contributed by atoms with Gasteiger partial charge in [0.15, 0.2) is 5.75 Å². The number of hydrogen-bond donors (Lipinski definition) is 1. The molecule has 0 aliphatic carbocycles. The van der Waals surface area contributed by atoms with Gasteiger partial charge in [-0.25, -0.2) is 4.98 Å². The Labute approximate surface area is 241 Å². The van der Waals surface area contributed by atoms with Gasteiger partial charge in [0.25, 0.3) is 5.91 Å². The lowest BCUT2D eigenvalue weighted by Crippen LogP contribution is -2.34. The van der Waals surface area contributed by atoms with Gasteiger partial charge < -0.3 is 10.1 Å². The fraction of sp³-hybridized carbons (Fsp3) is 0.222. The van der Waals surface area contributed by atoms with Crippen LogP contribution in [0.2, 0.25) is 0 Å². The van der Waals surface area contributed by atoms with E-state index in [0.29, 0.717) is 23.6 Å². The van der Waals surface area contributed by atoms with Crippen LogP contribution in [-0.2, 0) is 13.0 Å². The smallest absolute Gasteiger partial charge is 0.256 e. The van der Waals surface area contributed by atoms with Crippen molar-refractivity contribution in [2.24, 2.45) is 0 Å². The first-order valence-electron chi connectivity index (χ1n) is 14.5. The van der Waals surface area contributed by atoms with Gasteiger partial charge in [-0.2, -0.15) is 0 Å². The molecule has 1 unspecified atom stereocenters. The first-order valence-corrected chi connectivity index (χ1v) is 14.5. The van der Waals surface area contributed by atoms with Gasteiger partial charge in [-0.05, 0) is 35.6 Å². The summed E-state index contributed by atoms with van der Waals surface area (Å²) < 4.78 is 6.60. The Kier molecular flexibility index (Phi) is 8.06. The van der Waals surface area contributed by atoms with Crippen LogP contribution >= 0.6 is 0 Å². The molecule has 0 bridgehead atoms. The van der Waals surface area contributed by atoms with Crippen molar-refractivity contribution in [2.45, 2.75) is 32.4 Å². The van der Waals surface area contributed by atoms with E-state index >= 15 is 0 Å². The molecule has 5 heteroatoms. The molecule has 5 nitrogen and oxygen atoms in total. The Balaban J connectivity index is 1.35. The number of rotatable bonds is 9. The Hall–Kier alpha value is -4.48. The van der Waals surface area contributed by atoms with Crippen LogP contribution in [0, 0.1) is 0 Å². The van der Waals surface area contributed by atoms with Crippen molar-refractivity contribution in [3.63, 3.8) is 0 Å². The van der Waals surface area contributed by atoms with Crippen LogP contribution in [0.25, 0.3) is 22.2 Å². The molecule has 1 aromatic heterocycles. The highest BCUT2D eigenvalue weighted by Crippen LogP contribution is 2.37. The third-order valence-electron chi connectivity index (χ3n) is 7.90. The highest BCUT2D eigenvalue weighted by molar-refractivity contribution is 6.10. The van der Waals surface area contributed by atoms with E-state index in [4.69, 9.17) is 9.72 Å². The molecule has 0 saturated carbocycles. The summed E-state index contributed by atoms with van der Waals surface area (Å²) in [5, 5.41) is 4.09. The van der Waals surface area contributed by atoms with Crippen molar-refractivity contribution >= 4 is 16.8 Å². The molecule has 1 aliphatic rings. The number of nitrogens with zero attached hydrogens (tertiary/aromatic N) is 2. The number of amides is 1. The average Bonchev–Trinajstić information content (AvgIpc) is 3.03. The number of hydrogen-bond acceptors (Lipinski definition) is 4. The lowest BCUT2D eigenvalue weighted by atomic mass is 9.99. The first kappa shape index (κ1) is 26.7. The minimum Gasteiger partial charge on any atom is -0.489 e. The van der Waals surface area contributed by atoms with Crippen molar-refractivity contribution in [1.29, 1.82) is 0 Å². The number of para-hydroxylation sites is 1. The van der Waals surface area contributed by atoms with Gasteiger partial charge in [0.1, 0.15) is 12.3 Å². The van der Waals surface area contributed by atoms with Crippen molar-refractivity contribution < 1.29 is 9.53 Å². The van der Waals surface area contributed by atoms with Gasteiger partial charge >= 0.3 is 0 Å². The summed E-state index contributed by atoms with van der Waals surface area (Å²) in [5.74, 6) is 0.381. The second kappa shape index (κ2) is 12.4. The Bertz CT molecular complexity index is 1640. The summed E-state index contributed by atoms with van der Waals surface area (Å²) in [4.78, 5) is 21.6. The molecule has 0 saturated heterocycles. The predicted octanol–water partition coefficient (Wildman–Crippen LogP) is 7.22. The highest BCUT2D eigenvalue weighted by atomic mass is 16.5. The first-order chi connectivity index (χ1) is 20.2. The Morgan fingerprint density at radius 3 is 2.34 bits per heavy atom. The number of carbonyl (C=O) groups is 1. The van der Waals surface area contributed by atoms with E-state index in [1.54, 1.807) is 0 Å². The van der Waals surface area contributed by atoms with Crippen LogP contribution in [0.15, 0.2) is 109 Å². The molecule has 4 aromatic carbocycles. The number of nitrogens with one attached hydrogen (secondary N) is 1. The van der Waals surface area contributed by atoms with E-state index in [-0.39, 0.29) is 11.9 Å². The Morgan fingerprint density at radius 2 is 1.56 bits per heavy atom. The number of fused-ring (bicyclic) bond motifs is 2. The van der Waals surface area contributed by atoms with Crippen molar-refractivity contribution in [1.82, 2.24) is 15.2 Å². The van der Waals surface area contributed by atoms with Gasteiger partial charge in [0.2, 0.25) is 0 Å². The number of ether oxygens (including phenoxy) is 1. The largest absolute Gasteiger partial charge is 0.489 e. The lowest BCUT2D eigenvalue weighted by Gasteiger charge is -2.29. The topological polar surface area (TPSA) is 54.5 Å². The van der Waals surface area contributed by atoms with E-state index in [2.05, 4.69) is 53.5 Å². The van der Waals surface area contributed by atoms with E-state index in [9.17, 15) is 4.79 Å². The molecule has 1 aliphatic heterocycles. The zero-order valence-corrected chi connectivity index (χ0v) is 23.4. The van der Waals surface area contributed by atoms with Crippen LogP contribution in [0.5, 0.6) is 5.75 Å². The SMILES string of the molecule is CCC(NC(=O)c1c(OCCN2CCc3ccccc3C2)c(-c2ccccc2)nc2ccccc12)c1ccccc1. The summed E-state index contributed by atoms with van der Waals surface area (Å²) in [5.41, 5.74) is 6.80. The second-order valence-electron chi connectivity index (χ2n) is 10.5. The van der Waals surface area contributed by atoms with Crippen LogP contribution in [-0.4, -0.2) is 35.5 Å². The average molecular weight is 542 g/mol. The summed E-state index contributed by atoms with van der Waals surface area (Å²) >= 11 is 0. The number of benzene rings is 4. The number of carbonyl (C=O) groups excluding carboxylic acids is 1. The van der Waals surface area contributed by atoms with Crippen LogP contribution in [0.3, 0.4) is 0 Å². The highest BCUT2D eigenvalue weighted by Gasteiger charge is 2.25. The maximum Gasteiger partial charge on any atom is 0.256 e. The molecular formula is C36H35N3O2. The molecule has 1 N–H and O–H groups in total. The van der Waals surface area contributed by atoms with Crippen LogP contribution < -0.4 is 10.1 Å². The summed E-state index contributed by atoms with van der Waals surface area (Å²) in [6.45, 7) is 5.20. The number of aromatic nitrogens is 1. The van der Waals surface area contributed by atoms with Crippen molar-refractivity contribution in [3.05, 3.63) is 131 Å². The zero-order chi connectivity index (χ0) is 28.0. The summed E-state index contributed by atoms with van der Waals surface area (Å²) in [6.07, 6.45) is 1.81. The minimum absolute atomic E-state index is 0.114. The third kappa shape index (κ3) is 5.86. The van der Waals surface area contributed by atoms with Gasteiger partial charge in [-0.3, -0.25) is 9.69 Å².